The van der Waals surface area contributed by atoms with Gasteiger partial charge in [0, 0.05) is 31.0 Å². The quantitative estimate of drug-likeness (QED) is 0.772. The summed E-state index contributed by atoms with van der Waals surface area (Å²) in [6.07, 6.45) is 13.9. The van der Waals surface area contributed by atoms with Crippen LogP contribution in [0.25, 0.3) is 6.08 Å². The predicted molar refractivity (Wildman–Crippen MR) is 89.4 cm³/mol. The summed E-state index contributed by atoms with van der Waals surface area (Å²) in [6.45, 7) is 1.99. The minimum Gasteiger partial charge on any atom is -0.331 e. The van der Waals surface area contributed by atoms with Gasteiger partial charge in [0.05, 0.1) is 6.54 Å². The molecule has 0 N–H and O–H groups in total. The molecule has 1 heterocycles. The fourth-order valence-corrected chi connectivity index (χ4v) is 3.00. The normalized spacial score (nSPS) is 18.4. The summed E-state index contributed by atoms with van der Waals surface area (Å²) in [5.41, 5.74) is 1.28. The van der Waals surface area contributed by atoms with Crippen LogP contribution in [-0.2, 0) is 6.54 Å². The molecule has 114 valence electrons. The highest BCUT2D eigenvalue weighted by Crippen LogP contribution is 2.36. The van der Waals surface area contributed by atoms with Gasteiger partial charge in [-0.1, -0.05) is 42.5 Å². The molecule has 1 aromatic carbocycles. The molecule has 0 unspecified atom stereocenters. The van der Waals surface area contributed by atoms with Crippen molar-refractivity contribution in [2.24, 2.45) is 0 Å². The Morgan fingerprint density at radius 1 is 1.14 bits per heavy atom. The second-order valence-electron chi connectivity index (χ2n) is 6.46. The Labute approximate surface area is 132 Å². The van der Waals surface area contributed by atoms with E-state index in [9.17, 15) is 0 Å². The average molecular weight is 293 g/mol. The Morgan fingerprint density at radius 2 is 1.95 bits per heavy atom. The van der Waals surface area contributed by atoms with Gasteiger partial charge in [-0.3, -0.25) is 4.90 Å². The number of hydrogen-bond donors (Lipinski definition) is 0. The van der Waals surface area contributed by atoms with Gasteiger partial charge in [-0.25, -0.2) is 4.98 Å². The first kappa shape index (κ1) is 13.8. The van der Waals surface area contributed by atoms with E-state index in [4.69, 9.17) is 0 Å². The Bertz CT molecular complexity index is 636. The van der Waals surface area contributed by atoms with Crippen LogP contribution in [-0.4, -0.2) is 27.0 Å². The molecule has 2 saturated carbocycles. The van der Waals surface area contributed by atoms with Gasteiger partial charge in [0.2, 0.25) is 0 Å². The Kier molecular flexibility index (Phi) is 3.81. The highest BCUT2D eigenvalue weighted by Gasteiger charge is 2.31. The van der Waals surface area contributed by atoms with Crippen LogP contribution in [0.15, 0.2) is 48.8 Å². The molecule has 0 spiro atoms. The highest BCUT2D eigenvalue weighted by atomic mass is 15.2. The first-order valence-electron chi connectivity index (χ1n) is 8.37. The zero-order chi connectivity index (χ0) is 14.8. The smallest absolute Gasteiger partial charge is 0.123 e. The molecule has 4 rings (SSSR count). The molecule has 1 aromatic heterocycles. The first-order valence-corrected chi connectivity index (χ1v) is 8.37. The lowest BCUT2D eigenvalue weighted by Gasteiger charge is -2.20. The van der Waals surface area contributed by atoms with E-state index in [-0.39, 0.29) is 0 Å². The van der Waals surface area contributed by atoms with Crippen LogP contribution in [0.1, 0.15) is 43.1 Å². The van der Waals surface area contributed by atoms with Gasteiger partial charge in [0.1, 0.15) is 5.82 Å². The fourth-order valence-electron chi connectivity index (χ4n) is 3.00. The summed E-state index contributed by atoms with van der Waals surface area (Å²) in [4.78, 5) is 7.16. The average Bonchev–Trinajstić information content (AvgIpc) is 3.47. The van der Waals surface area contributed by atoms with Crippen LogP contribution >= 0.6 is 0 Å². The molecule has 3 heteroatoms. The summed E-state index contributed by atoms with van der Waals surface area (Å²) in [5.74, 6) is 1.24. The van der Waals surface area contributed by atoms with Crippen molar-refractivity contribution in [1.82, 2.24) is 14.5 Å². The Hall–Kier alpha value is -1.87. The van der Waals surface area contributed by atoms with Gasteiger partial charge < -0.3 is 4.57 Å². The van der Waals surface area contributed by atoms with E-state index in [2.05, 4.69) is 63.1 Å². The molecule has 0 bridgehead atoms. The topological polar surface area (TPSA) is 21.1 Å². The molecular formula is C19H23N3. The van der Waals surface area contributed by atoms with Crippen LogP contribution < -0.4 is 0 Å². The van der Waals surface area contributed by atoms with E-state index in [0.29, 0.717) is 0 Å². The van der Waals surface area contributed by atoms with Crippen molar-refractivity contribution in [1.29, 1.82) is 0 Å². The van der Waals surface area contributed by atoms with Crippen molar-refractivity contribution >= 4 is 6.08 Å². The highest BCUT2D eigenvalue weighted by molar-refractivity contribution is 5.48. The molecule has 0 radical (unpaired) electrons. The summed E-state index contributed by atoms with van der Waals surface area (Å²) in [6, 6.07) is 12.0. The molecule has 2 aliphatic rings. The van der Waals surface area contributed by atoms with Crippen molar-refractivity contribution in [3.63, 3.8) is 0 Å². The third-order valence-electron chi connectivity index (χ3n) is 4.55. The number of benzene rings is 1. The Balaban J connectivity index is 1.40. The summed E-state index contributed by atoms with van der Waals surface area (Å²) < 4.78 is 2.39. The van der Waals surface area contributed by atoms with E-state index in [1.807, 2.05) is 6.20 Å². The second kappa shape index (κ2) is 6.09. The SMILES string of the molecule is C(=Cc1ccccc1)CN(Cc1nccn1C1CC1)C1CC1. The number of aromatic nitrogens is 2. The van der Waals surface area contributed by atoms with E-state index in [1.165, 1.54) is 37.1 Å². The molecule has 2 aliphatic carbocycles. The van der Waals surface area contributed by atoms with E-state index in [0.717, 1.165) is 25.2 Å². The van der Waals surface area contributed by atoms with Gasteiger partial charge in [0.15, 0.2) is 0 Å². The number of nitrogens with zero attached hydrogens (tertiary/aromatic N) is 3. The molecule has 22 heavy (non-hydrogen) atoms. The molecule has 3 nitrogen and oxygen atoms in total. The lowest BCUT2D eigenvalue weighted by atomic mass is 10.2. The van der Waals surface area contributed by atoms with Gasteiger partial charge in [0.25, 0.3) is 0 Å². The maximum Gasteiger partial charge on any atom is 0.123 e. The van der Waals surface area contributed by atoms with Crippen LogP contribution in [0.4, 0.5) is 0 Å². The summed E-state index contributed by atoms with van der Waals surface area (Å²) in [5, 5.41) is 0. The number of imidazole rings is 1. The maximum absolute atomic E-state index is 4.59. The molecule has 0 amide bonds. The van der Waals surface area contributed by atoms with Crippen LogP contribution in [0.5, 0.6) is 0 Å². The molecule has 0 saturated heterocycles. The third kappa shape index (κ3) is 3.30. The van der Waals surface area contributed by atoms with E-state index in [1.54, 1.807) is 0 Å². The number of hydrogen-bond acceptors (Lipinski definition) is 2. The fraction of sp³-hybridized carbons (Fsp3) is 0.421. The van der Waals surface area contributed by atoms with Crippen LogP contribution in [0, 0.1) is 0 Å². The summed E-state index contributed by atoms with van der Waals surface area (Å²) >= 11 is 0. The van der Waals surface area contributed by atoms with Crippen molar-refractivity contribution < 1.29 is 0 Å². The standard InChI is InChI=1S/C19H23N3/c1-2-5-16(6-3-1)7-4-13-21(17-8-9-17)15-19-20-12-14-22(19)18-10-11-18/h1-7,12,14,17-18H,8-11,13,15H2. The van der Waals surface area contributed by atoms with Gasteiger partial charge in [-0.05, 0) is 31.2 Å². The van der Waals surface area contributed by atoms with Crippen LogP contribution in [0.2, 0.25) is 0 Å². The summed E-state index contributed by atoms with van der Waals surface area (Å²) in [7, 11) is 0. The zero-order valence-electron chi connectivity index (χ0n) is 12.9. The monoisotopic (exact) mass is 293 g/mol. The van der Waals surface area contributed by atoms with Crippen molar-refractivity contribution in [2.45, 2.75) is 44.3 Å². The largest absolute Gasteiger partial charge is 0.331 e. The second-order valence-corrected chi connectivity index (χ2v) is 6.46. The van der Waals surface area contributed by atoms with Crippen molar-refractivity contribution in [3.05, 3.63) is 60.2 Å². The number of rotatable bonds is 7. The minimum atomic E-state index is 0.721. The van der Waals surface area contributed by atoms with E-state index >= 15 is 0 Å². The van der Waals surface area contributed by atoms with Gasteiger partial charge >= 0.3 is 0 Å². The lowest BCUT2D eigenvalue weighted by molar-refractivity contribution is 0.272. The predicted octanol–water partition coefficient (Wildman–Crippen LogP) is 3.90. The molecule has 0 aliphatic heterocycles. The van der Waals surface area contributed by atoms with Crippen molar-refractivity contribution in [2.75, 3.05) is 6.54 Å². The molecule has 2 aromatic rings. The first-order chi connectivity index (χ1) is 10.9. The van der Waals surface area contributed by atoms with Gasteiger partial charge in [-0.15, -0.1) is 0 Å². The maximum atomic E-state index is 4.59. The van der Waals surface area contributed by atoms with Crippen LogP contribution in [0.3, 0.4) is 0 Å². The lowest BCUT2D eigenvalue weighted by Crippen LogP contribution is -2.27. The minimum absolute atomic E-state index is 0.721. The molecular weight excluding hydrogens is 270 g/mol. The molecule has 0 atom stereocenters. The molecule has 2 fully saturated rings. The van der Waals surface area contributed by atoms with E-state index < -0.39 is 0 Å². The zero-order valence-corrected chi connectivity index (χ0v) is 12.9. The van der Waals surface area contributed by atoms with Crippen molar-refractivity contribution in [3.8, 4) is 0 Å². The Morgan fingerprint density at radius 3 is 2.68 bits per heavy atom. The third-order valence-corrected chi connectivity index (χ3v) is 4.55. The van der Waals surface area contributed by atoms with Gasteiger partial charge in [-0.2, -0.15) is 0 Å².